The summed E-state index contributed by atoms with van der Waals surface area (Å²) in [6.45, 7) is 10.2. The summed E-state index contributed by atoms with van der Waals surface area (Å²) >= 11 is 1.69. The fourth-order valence-electron chi connectivity index (χ4n) is 3.92. The molecule has 1 aliphatic rings. The monoisotopic (exact) mass is 471 g/mol. The topological polar surface area (TPSA) is 70.6 Å². The van der Waals surface area contributed by atoms with Crippen LogP contribution in [0.15, 0.2) is 47.4 Å². The molecule has 170 valence electrons. The predicted octanol–water partition coefficient (Wildman–Crippen LogP) is 4.56. The van der Waals surface area contributed by atoms with Gasteiger partial charge in [-0.25, -0.2) is 13.4 Å². The highest BCUT2D eigenvalue weighted by Gasteiger charge is 2.26. The Kier molecular flexibility index (Phi) is 6.27. The van der Waals surface area contributed by atoms with Crippen molar-refractivity contribution in [2.75, 3.05) is 31.1 Å². The molecule has 2 aromatic carbocycles. The fourth-order valence-corrected chi connectivity index (χ4v) is 6.08. The van der Waals surface area contributed by atoms with E-state index in [1.807, 2.05) is 0 Å². The quantitative estimate of drug-likeness (QED) is 0.545. The first kappa shape index (κ1) is 22.7. The van der Waals surface area contributed by atoms with Crippen molar-refractivity contribution in [3.63, 3.8) is 0 Å². The second kappa shape index (κ2) is 8.83. The maximum absolute atomic E-state index is 13.1. The van der Waals surface area contributed by atoms with Crippen molar-refractivity contribution in [3.8, 4) is 0 Å². The molecule has 0 N–H and O–H groups in total. The van der Waals surface area contributed by atoms with Crippen LogP contribution in [-0.2, 0) is 9.84 Å². The summed E-state index contributed by atoms with van der Waals surface area (Å²) in [4.78, 5) is 22.2. The van der Waals surface area contributed by atoms with Crippen LogP contribution in [-0.4, -0.2) is 55.6 Å². The molecular weight excluding hydrogens is 442 g/mol. The van der Waals surface area contributed by atoms with Crippen molar-refractivity contribution in [2.45, 2.75) is 43.8 Å². The number of carbonyl (C=O) groups excluding carboxylic acids is 1. The van der Waals surface area contributed by atoms with Gasteiger partial charge < -0.3 is 9.80 Å². The van der Waals surface area contributed by atoms with Gasteiger partial charge in [0, 0.05) is 31.7 Å². The summed E-state index contributed by atoms with van der Waals surface area (Å²) in [6, 6.07) is 12.7. The molecule has 0 atom stereocenters. The Morgan fingerprint density at radius 2 is 1.69 bits per heavy atom. The van der Waals surface area contributed by atoms with Gasteiger partial charge in [-0.2, -0.15) is 0 Å². The third-order valence-corrected chi connectivity index (χ3v) is 9.16. The Bertz CT molecular complexity index is 1240. The molecule has 8 heteroatoms. The molecule has 0 aliphatic carbocycles. The molecule has 0 saturated carbocycles. The standard InChI is InChI=1S/C24H29N3O3S2/c1-16(2)20-9-6-10-21-22(20)25-24(31-21)27-13-11-26(12-14-27)23(28)18-7-5-8-19(15-18)32(29,30)17(3)4/h5-10,15-17H,11-14H2,1-4H3. The number of rotatable bonds is 5. The zero-order valence-corrected chi connectivity index (χ0v) is 20.5. The van der Waals surface area contributed by atoms with Crippen LogP contribution in [0.4, 0.5) is 5.13 Å². The lowest BCUT2D eigenvalue weighted by atomic mass is 10.0. The second-order valence-corrected chi connectivity index (χ2v) is 12.3. The van der Waals surface area contributed by atoms with Crippen LogP contribution >= 0.6 is 11.3 Å². The number of hydrogen-bond donors (Lipinski definition) is 0. The van der Waals surface area contributed by atoms with Crippen molar-refractivity contribution in [3.05, 3.63) is 53.6 Å². The van der Waals surface area contributed by atoms with Gasteiger partial charge in [0.25, 0.3) is 5.91 Å². The summed E-state index contributed by atoms with van der Waals surface area (Å²) in [5, 5.41) is 0.464. The van der Waals surface area contributed by atoms with Gasteiger partial charge in [0.2, 0.25) is 0 Å². The number of aromatic nitrogens is 1. The normalized spacial score (nSPS) is 15.2. The minimum absolute atomic E-state index is 0.128. The average molecular weight is 472 g/mol. The first-order valence-electron chi connectivity index (χ1n) is 11.0. The molecule has 0 spiro atoms. The summed E-state index contributed by atoms with van der Waals surface area (Å²) in [5.41, 5.74) is 2.75. The highest BCUT2D eigenvalue weighted by atomic mass is 32.2. The van der Waals surface area contributed by atoms with E-state index in [9.17, 15) is 13.2 Å². The van der Waals surface area contributed by atoms with Gasteiger partial charge in [0.15, 0.2) is 15.0 Å². The zero-order chi connectivity index (χ0) is 23.0. The molecule has 2 heterocycles. The van der Waals surface area contributed by atoms with Crippen LogP contribution in [0.3, 0.4) is 0 Å². The number of anilines is 1. The lowest BCUT2D eigenvalue weighted by molar-refractivity contribution is 0.0746. The van der Waals surface area contributed by atoms with Crippen LogP contribution < -0.4 is 4.90 Å². The zero-order valence-electron chi connectivity index (χ0n) is 18.9. The number of fused-ring (bicyclic) bond motifs is 1. The van der Waals surface area contributed by atoms with E-state index < -0.39 is 15.1 Å². The Morgan fingerprint density at radius 3 is 2.34 bits per heavy atom. The lowest BCUT2D eigenvalue weighted by Crippen LogP contribution is -2.48. The minimum atomic E-state index is -3.42. The molecule has 1 amide bonds. The van der Waals surface area contributed by atoms with Gasteiger partial charge in [-0.15, -0.1) is 0 Å². The van der Waals surface area contributed by atoms with Crippen LogP contribution in [0.2, 0.25) is 0 Å². The van der Waals surface area contributed by atoms with Crippen molar-refractivity contribution < 1.29 is 13.2 Å². The van der Waals surface area contributed by atoms with Crippen molar-refractivity contribution in [2.24, 2.45) is 0 Å². The molecule has 6 nitrogen and oxygen atoms in total. The number of nitrogens with zero attached hydrogens (tertiary/aromatic N) is 3. The third-order valence-electron chi connectivity index (χ3n) is 5.93. The van der Waals surface area contributed by atoms with Gasteiger partial charge in [0.1, 0.15) is 0 Å². The molecule has 0 radical (unpaired) electrons. The number of benzene rings is 2. The number of carbonyl (C=O) groups is 1. The number of hydrogen-bond acceptors (Lipinski definition) is 6. The number of para-hydroxylation sites is 1. The fraction of sp³-hybridized carbons (Fsp3) is 0.417. The number of thiazole rings is 1. The van der Waals surface area contributed by atoms with E-state index in [-0.39, 0.29) is 10.8 Å². The largest absolute Gasteiger partial charge is 0.345 e. The Balaban J connectivity index is 1.48. The first-order chi connectivity index (χ1) is 15.2. The molecule has 0 unspecified atom stereocenters. The Morgan fingerprint density at radius 1 is 1.00 bits per heavy atom. The van der Waals surface area contributed by atoms with Crippen molar-refractivity contribution >= 4 is 42.4 Å². The maximum Gasteiger partial charge on any atom is 0.254 e. The summed E-state index contributed by atoms with van der Waals surface area (Å²) in [7, 11) is -3.42. The van der Waals surface area contributed by atoms with Gasteiger partial charge in [-0.05, 0) is 49.6 Å². The highest BCUT2D eigenvalue weighted by molar-refractivity contribution is 7.92. The lowest BCUT2D eigenvalue weighted by Gasteiger charge is -2.34. The smallest absolute Gasteiger partial charge is 0.254 e. The van der Waals surface area contributed by atoms with Gasteiger partial charge >= 0.3 is 0 Å². The van der Waals surface area contributed by atoms with Crippen LogP contribution in [0.5, 0.6) is 0 Å². The SMILES string of the molecule is CC(C)c1cccc2sc(N3CCN(C(=O)c4cccc(S(=O)(=O)C(C)C)c4)CC3)nc12. The van der Waals surface area contributed by atoms with E-state index in [2.05, 4.69) is 36.9 Å². The van der Waals surface area contributed by atoms with Crippen molar-refractivity contribution in [1.82, 2.24) is 9.88 Å². The van der Waals surface area contributed by atoms with Crippen molar-refractivity contribution in [1.29, 1.82) is 0 Å². The average Bonchev–Trinajstić information content (AvgIpc) is 3.23. The van der Waals surface area contributed by atoms with Crippen LogP contribution in [0.1, 0.15) is 49.5 Å². The molecule has 1 saturated heterocycles. The molecule has 0 bridgehead atoms. The van der Waals surface area contributed by atoms with Crippen LogP contribution in [0, 0.1) is 0 Å². The predicted molar refractivity (Wildman–Crippen MR) is 131 cm³/mol. The highest BCUT2D eigenvalue weighted by Crippen LogP contribution is 2.34. The van der Waals surface area contributed by atoms with E-state index in [1.54, 1.807) is 48.3 Å². The number of sulfone groups is 1. The summed E-state index contributed by atoms with van der Waals surface area (Å²) in [6.07, 6.45) is 0. The summed E-state index contributed by atoms with van der Waals surface area (Å²) < 4.78 is 26.2. The van der Waals surface area contributed by atoms with E-state index in [0.29, 0.717) is 37.7 Å². The summed E-state index contributed by atoms with van der Waals surface area (Å²) in [5.74, 6) is 0.287. The third kappa shape index (κ3) is 4.26. The van der Waals surface area contributed by atoms with Gasteiger partial charge in [0.05, 0.1) is 20.4 Å². The van der Waals surface area contributed by atoms with E-state index >= 15 is 0 Å². The Hall–Kier alpha value is -2.45. The molecular formula is C24H29N3O3S2. The first-order valence-corrected chi connectivity index (χ1v) is 13.3. The van der Waals surface area contributed by atoms with Gasteiger partial charge in [-0.1, -0.05) is 43.4 Å². The minimum Gasteiger partial charge on any atom is -0.345 e. The van der Waals surface area contributed by atoms with Crippen LogP contribution in [0.25, 0.3) is 10.2 Å². The Labute approximate surface area is 193 Å². The van der Waals surface area contributed by atoms with Gasteiger partial charge in [-0.3, -0.25) is 4.79 Å². The number of amides is 1. The maximum atomic E-state index is 13.1. The molecule has 4 rings (SSSR count). The molecule has 32 heavy (non-hydrogen) atoms. The molecule has 3 aromatic rings. The van der Waals surface area contributed by atoms with E-state index in [0.717, 1.165) is 10.6 Å². The molecule has 1 aliphatic heterocycles. The second-order valence-electron chi connectivity index (χ2n) is 8.75. The molecule has 1 fully saturated rings. The number of piperazine rings is 1. The molecule has 1 aromatic heterocycles. The van der Waals surface area contributed by atoms with E-state index in [1.165, 1.54) is 16.3 Å². The van der Waals surface area contributed by atoms with E-state index in [4.69, 9.17) is 4.98 Å².